The van der Waals surface area contributed by atoms with Gasteiger partial charge < -0.3 is 4.74 Å². The van der Waals surface area contributed by atoms with Crippen molar-refractivity contribution in [3.05, 3.63) is 78.1 Å². The zero-order chi connectivity index (χ0) is 17.5. The first-order chi connectivity index (χ1) is 12.2. The summed E-state index contributed by atoms with van der Waals surface area (Å²) in [7, 11) is 0. The summed E-state index contributed by atoms with van der Waals surface area (Å²) in [5.74, 6) is 0.626. The van der Waals surface area contributed by atoms with Crippen LogP contribution in [0.15, 0.2) is 67.0 Å². The standard InChI is InChI=1S/C20H19N3O2/c1-15-8-9-17(14-18(15)19-21-11-5-12-22-19)23-20(24)25-13-10-16-6-3-2-4-7-16/h2-9,11-12,14H,10,13H2,1H3,(H,23,24). The Bertz CT molecular complexity index is 836. The lowest BCUT2D eigenvalue weighted by molar-refractivity contribution is 0.163. The summed E-state index contributed by atoms with van der Waals surface area (Å²) in [5.41, 5.74) is 3.70. The molecular weight excluding hydrogens is 314 g/mol. The maximum absolute atomic E-state index is 12.0. The van der Waals surface area contributed by atoms with Gasteiger partial charge in [-0.3, -0.25) is 5.32 Å². The smallest absolute Gasteiger partial charge is 0.411 e. The average Bonchev–Trinajstić information content (AvgIpc) is 2.65. The highest BCUT2D eigenvalue weighted by Crippen LogP contribution is 2.23. The Hall–Kier alpha value is -3.21. The minimum atomic E-state index is -0.472. The molecule has 126 valence electrons. The van der Waals surface area contributed by atoms with E-state index in [9.17, 15) is 4.79 Å². The number of nitrogens with zero attached hydrogens (tertiary/aromatic N) is 2. The van der Waals surface area contributed by atoms with Crippen LogP contribution >= 0.6 is 0 Å². The molecule has 0 saturated heterocycles. The summed E-state index contributed by atoms with van der Waals surface area (Å²) in [6, 6.07) is 17.3. The molecule has 1 heterocycles. The van der Waals surface area contributed by atoms with E-state index >= 15 is 0 Å². The number of hydrogen-bond acceptors (Lipinski definition) is 4. The lowest BCUT2D eigenvalue weighted by Gasteiger charge is -2.10. The van der Waals surface area contributed by atoms with Gasteiger partial charge in [-0.1, -0.05) is 36.4 Å². The van der Waals surface area contributed by atoms with Crippen molar-refractivity contribution >= 4 is 11.8 Å². The molecule has 3 rings (SSSR count). The molecule has 0 bridgehead atoms. The van der Waals surface area contributed by atoms with Crippen molar-refractivity contribution in [3.8, 4) is 11.4 Å². The quantitative estimate of drug-likeness (QED) is 0.758. The molecule has 1 amide bonds. The monoisotopic (exact) mass is 333 g/mol. The molecule has 5 nitrogen and oxygen atoms in total. The second-order valence-corrected chi connectivity index (χ2v) is 5.60. The second kappa shape index (κ2) is 8.06. The van der Waals surface area contributed by atoms with E-state index in [1.807, 2.05) is 55.5 Å². The molecule has 0 fully saturated rings. The third-order valence-corrected chi connectivity index (χ3v) is 3.76. The van der Waals surface area contributed by atoms with Crippen LogP contribution in [0, 0.1) is 6.92 Å². The summed E-state index contributed by atoms with van der Waals surface area (Å²) >= 11 is 0. The van der Waals surface area contributed by atoms with Gasteiger partial charge in [-0.15, -0.1) is 0 Å². The van der Waals surface area contributed by atoms with Crippen LogP contribution in [-0.4, -0.2) is 22.7 Å². The third kappa shape index (κ3) is 4.64. The Balaban J connectivity index is 1.60. The molecule has 0 aliphatic rings. The van der Waals surface area contributed by atoms with Crippen molar-refractivity contribution in [2.24, 2.45) is 0 Å². The van der Waals surface area contributed by atoms with Crippen LogP contribution in [0.25, 0.3) is 11.4 Å². The van der Waals surface area contributed by atoms with Gasteiger partial charge in [0.25, 0.3) is 0 Å². The lowest BCUT2D eigenvalue weighted by Crippen LogP contribution is -2.15. The fourth-order valence-electron chi connectivity index (χ4n) is 2.44. The van der Waals surface area contributed by atoms with Gasteiger partial charge in [0, 0.05) is 30.1 Å². The van der Waals surface area contributed by atoms with E-state index in [4.69, 9.17) is 4.74 Å². The van der Waals surface area contributed by atoms with Crippen molar-refractivity contribution in [1.29, 1.82) is 0 Å². The zero-order valence-corrected chi connectivity index (χ0v) is 14.0. The van der Waals surface area contributed by atoms with Gasteiger partial charge in [0.1, 0.15) is 0 Å². The number of aromatic nitrogens is 2. The van der Waals surface area contributed by atoms with E-state index in [0.717, 1.165) is 16.7 Å². The van der Waals surface area contributed by atoms with Crippen molar-refractivity contribution < 1.29 is 9.53 Å². The normalized spacial score (nSPS) is 10.3. The number of amides is 1. The highest BCUT2D eigenvalue weighted by Gasteiger charge is 2.08. The van der Waals surface area contributed by atoms with E-state index in [-0.39, 0.29) is 0 Å². The van der Waals surface area contributed by atoms with Gasteiger partial charge in [-0.05, 0) is 36.2 Å². The van der Waals surface area contributed by atoms with Gasteiger partial charge in [0.05, 0.1) is 6.61 Å². The Kier molecular flexibility index (Phi) is 5.36. The number of carbonyl (C=O) groups excluding carboxylic acids is 1. The number of ether oxygens (including phenoxy) is 1. The van der Waals surface area contributed by atoms with Crippen LogP contribution in [0.1, 0.15) is 11.1 Å². The highest BCUT2D eigenvalue weighted by molar-refractivity contribution is 5.86. The number of hydrogen-bond donors (Lipinski definition) is 1. The summed E-state index contributed by atoms with van der Waals surface area (Å²) < 4.78 is 5.24. The fourth-order valence-corrected chi connectivity index (χ4v) is 2.44. The zero-order valence-electron chi connectivity index (χ0n) is 14.0. The molecule has 0 aliphatic heterocycles. The Morgan fingerprint density at radius 2 is 1.80 bits per heavy atom. The largest absolute Gasteiger partial charge is 0.449 e. The summed E-state index contributed by atoms with van der Waals surface area (Å²) in [6.07, 6.45) is 3.60. The Morgan fingerprint density at radius 3 is 2.56 bits per heavy atom. The van der Waals surface area contributed by atoms with Gasteiger partial charge in [-0.25, -0.2) is 14.8 Å². The fraction of sp³-hybridized carbons (Fsp3) is 0.150. The van der Waals surface area contributed by atoms with Gasteiger partial charge in [0.15, 0.2) is 5.82 Å². The molecule has 1 N–H and O–H groups in total. The van der Waals surface area contributed by atoms with Crippen LogP contribution in [0.4, 0.5) is 10.5 Å². The SMILES string of the molecule is Cc1ccc(NC(=O)OCCc2ccccc2)cc1-c1ncccn1. The average molecular weight is 333 g/mol. The second-order valence-electron chi connectivity index (χ2n) is 5.60. The molecule has 0 atom stereocenters. The van der Waals surface area contributed by atoms with Crippen molar-refractivity contribution in [2.75, 3.05) is 11.9 Å². The van der Waals surface area contributed by atoms with Gasteiger partial charge >= 0.3 is 6.09 Å². The van der Waals surface area contributed by atoms with E-state index < -0.39 is 6.09 Å². The van der Waals surface area contributed by atoms with Crippen LogP contribution in [-0.2, 0) is 11.2 Å². The molecule has 0 radical (unpaired) electrons. The molecule has 2 aromatic carbocycles. The van der Waals surface area contributed by atoms with E-state index in [1.165, 1.54) is 0 Å². The number of carbonyl (C=O) groups is 1. The molecule has 1 aromatic heterocycles. The third-order valence-electron chi connectivity index (χ3n) is 3.76. The number of benzene rings is 2. The number of nitrogens with one attached hydrogen (secondary N) is 1. The van der Waals surface area contributed by atoms with Crippen molar-refractivity contribution in [3.63, 3.8) is 0 Å². The van der Waals surface area contributed by atoms with Crippen LogP contribution in [0.2, 0.25) is 0 Å². The Labute approximate surface area is 146 Å². The summed E-state index contributed by atoms with van der Waals surface area (Å²) in [6.45, 7) is 2.31. The minimum absolute atomic E-state index is 0.330. The molecule has 0 unspecified atom stereocenters. The number of anilines is 1. The number of aryl methyl sites for hydroxylation is 1. The maximum atomic E-state index is 12.0. The van der Waals surface area contributed by atoms with Crippen LogP contribution in [0.5, 0.6) is 0 Å². The predicted octanol–water partition coefficient (Wildman–Crippen LogP) is 4.24. The van der Waals surface area contributed by atoms with E-state index in [0.29, 0.717) is 24.5 Å². The Morgan fingerprint density at radius 1 is 1.04 bits per heavy atom. The van der Waals surface area contributed by atoms with Gasteiger partial charge in [-0.2, -0.15) is 0 Å². The molecule has 0 spiro atoms. The molecular formula is C20H19N3O2. The highest BCUT2D eigenvalue weighted by atomic mass is 16.5. The van der Waals surface area contributed by atoms with Crippen molar-refractivity contribution in [1.82, 2.24) is 9.97 Å². The molecule has 0 saturated carbocycles. The van der Waals surface area contributed by atoms with E-state index in [2.05, 4.69) is 15.3 Å². The molecule has 0 aliphatic carbocycles. The molecule has 3 aromatic rings. The van der Waals surface area contributed by atoms with Crippen LogP contribution in [0.3, 0.4) is 0 Å². The summed E-state index contributed by atoms with van der Waals surface area (Å²) in [4.78, 5) is 20.5. The van der Waals surface area contributed by atoms with E-state index in [1.54, 1.807) is 18.5 Å². The first kappa shape index (κ1) is 16.6. The minimum Gasteiger partial charge on any atom is -0.449 e. The molecule has 25 heavy (non-hydrogen) atoms. The maximum Gasteiger partial charge on any atom is 0.411 e. The van der Waals surface area contributed by atoms with Crippen LogP contribution < -0.4 is 5.32 Å². The first-order valence-corrected chi connectivity index (χ1v) is 8.08. The topological polar surface area (TPSA) is 64.1 Å². The lowest BCUT2D eigenvalue weighted by atomic mass is 10.1. The van der Waals surface area contributed by atoms with Gasteiger partial charge in [0.2, 0.25) is 0 Å². The number of rotatable bonds is 5. The summed E-state index contributed by atoms with van der Waals surface area (Å²) in [5, 5.41) is 2.75. The first-order valence-electron chi connectivity index (χ1n) is 8.08. The van der Waals surface area contributed by atoms with Crippen molar-refractivity contribution in [2.45, 2.75) is 13.3 Å². The predicted molar refractivity (Wildman–Crippen MR) is 97.3 cm³/mol. The molecule has 5 heteroatoms.